The maximum absolute atomic E-state index is 13.0. The van der Waals surface area contributed by atoms with Gasteiger partial charge in [-0.1, -0.05) is 6.07 Å². The fourth-order valence-electron chi connectivity index (χ4n) is 3.39. The van der Waals surface area contributed by atoms with E-state index in [0.717, 1.165) is 35.7 Å². The maximum atomic E-state index is 13.0. The van der Waals surface area contributed by atoms with Crippen LogP contribution in [0.3, 0.4) is 0 Å². The van der Waals surface area contributed by atoms with Crippen molar-refractivity contribution in [1.82, 2.24) is 24.6 Å². The molecule has 1 aliphatic rings. The first-order chi connectivity index (χ1) is 12.6. The number of hydrogen-bond acceptors (Lipinski definition) is 5. The number of carbonyl (C=O) groups is 1. The highest BCUT2D eigenvalue weighted by atomic mass is 32.1. The molecule has 1 saturated heterocycles. The molecule has 3 aromatic heterocycles. The van der Waals surface area contributed by atoms with Crippen LogP contribution in [0.1, 0.15) is 42.2 Å². The third-order valence-corrected chi connectivity index (χ3v) is 5.80. The number of thiophene rings is 1. The second-order valence-corrected chi connectivity index (χ2v) is 7.57. The topological polar surface area (TPSA) is 63.9 Å². The van der Waals surface area contributed by atoms with Gasteiger partial charge in [0.2, 0.25) is 0 Å². The molecule has 0 N–H and O–H groups in total. The van der Waals surface area contributed by atoms with Crippen LogP contribution in [-0.2, 0) is 0 Å². The largest absolute Gasteiger partial charge is 0.336 e. The molecular weight excluding hydrogens is 346 g/mol. The minimum absolute atomic E-state index is 0.0513. The molecule has 0 bridgehead atoms. The Morgan fingerprint density at radius 2 is 2.19 bits per heavy atom. The minimum atomic E-state index is 0.0513. The van der Waals surface area contributed by atoms with Crippen LogP contribution in [0.15, 0.2) is 36.0 Å². The SMILES string of the molecule is Cc1c(C(=O)N2CCCC[C@H]2C)cnn1-c1nccc(-c2cccs2)n1. The Bertz CT molecular complexity index is 918. The summed E-state index contributed by atoms with van der Waals surface area (Å²) in [5.41, 5.74) is 2.26. The predicted octanol–water partition coefficient (Wildman–Crippen LogP) is 3.71. The third-order valence-electron chi connectivity index (χ3n) is 4.91. The summed E-state index contributed by atoms with van der Waals surface area (Å²) >= 11 is 1.63. The first-order valence-corrected chi connectivity index (χ1v) is 9.76. The molecule has 1 fully saturated rings. The molecule has 1 amide bonds. The summed E-state index contributed by atoms with van der Waals surface area (Å²) in [6.45, 7) is 4.83. The van der Waals surface area contributed by atoms with E-state index in [-0.39, 0.29) is 11.9 Å². The zero-order chi connectivity index (χ0) is 18.1. The van der Waals surface area contributed by atoms with Crippen LogP contribution in [-0.4, -0.2) is 43.1 Å². The van der Waals surface area contributed by atoms with Gasteiger partial charge in [0, 0.05) is 18.8 Å². The van der Waals surface area contributed by atoms with Crippen LogP contribution in [0.2, 0.25) is 0 Å². The van der Waals surface area contributed by atoms with Gasteiger partial charge in [-0.2, -0.15) is 5.10 Å². The van der Waals surface area contributed by atoms with Crippen molar-refractivity contribution in [1.29, 1.82) is 0 Å². The number of piperidine rings is 1. The van der Waals surface area contributed by atoms with Crippen molar-refractivity contribution in [3.63, 3.8) is 0 Å². The quantitative estimate of drug-likeness (QED) is 0.708. The van der Waals surface area contributed by atoms with Crippen molar-refractivity contribution in [2.75, 3.05) is 6.54 Å². The van der Waals surface area contributed by atoms with E-state index in [9.17, 15) is 4.79 Å². The fourth-order valence-corrected chi connectivity index (χ4v) is 4.08. The molecule has 4 rings (SSSR count). The number of aromatic nitrogens is 4. The van der Waals surface area contributed by atoms with Gasteiger partial charge in [0.25, 0.3) is 11.9 Å². The molecule has 7 heteroatoms. The van der Waals surface area contributed by atoms with Crippen molar-refractivity contribution < 1.29 is 4.79 Å². The van der Waals surface area contributed by atoms with Gasteiger partial charge in [-0.15, -0.1) is 11.3 Å². The number of nitrogens with zero attached hydrogens (tertiary/aromatic N) is 5. The number of hydrogen-bond donors (Lipinski definition) is 0. The van der Waals surface area contributed by atoms with Crippen molar-refractivity contribution in [2.24, 2.45) is 0 Å². The molecule has 0 unspecified atom stereocenters. The normalized spacial score (nSPS) is 17.5. The van der Waals surface area contributed by atoms with Crippen molar-refractivity contribution >= 4 is 17.2 Å². The Kier molecular flexibility index (Phi) is 4.55. The third kappa shape index (κ3) is 3.03. The van der Waals surface area contributed by atoms with E-state index in [0.29, 0.717) is 11.5 Å². The van der Waals surface area contributed by atoms with Crippen molar-refractivity contribution in [2.45, 2.75) is 39.2 Å². The average Bonchev–Trinajstić information content (AvgIpc) is 3.32. The highest BCUT2D eigenvalue weighted by Gasteiger charge is 2.27. The molecular formula is C19H21N5OS. The number of likely N-dealkylation sites (tertiary alicyclic amines) is 1. The zero-order valence-electron chi connectivity index (χ0n) is 14.9. The van der Waals surface area contributed by atoms with Crippen molar-refractivity contribution in [3.05, 3.63) is 47.2 Å². The number of amides is 1. The van der Waals surface area contributed by atoms with Gasteiger partial charge >= 0.3 is 0 Å². The first kappa shape index (κ1) is 16.9. The molecule has 0 aliphatic carbocycles. The van der Waals surface area contributed by atoms with Gasteiger partial charge in [0.05, 0.1) is 28.0 Å². The van der Waals surface area contributed by atoms with Crippen LogP contribution in [0.25, 0.3) is 16.5 Å². The van der Waals surface area contributed by atoms with E-state index in [1.807, 2.05) is 35.4 Å². The van der Waals surface area contributed by atoms with E-state index in [1.165, 1.54) is 6.42 Å². The molecule has 1 aliphatic heterocycles. The lowest BCUT2D eigenvalue weighted by molar-refractivity contribution is 0.0635. The van der Waals surface area contributed by atoms with Crippen LogP contribution in [0.5, 0.6) is 0 Å². The van der Waals surface area contributed by atoms with Gasteiger partial charge in [-0.25, -0.2) is 14.6 Å². The molecule has 4 heterocycles. The maximum Gasteiger partial charge on any atom is 0.257 e. The second kappa shape index (κ2) is 6.99. The summed E-state index contributed by atoms with van der Waals surface area (Å²) in [4.78, 5) is 25.0. The fraction of sp³-hybridized carbons (Fsp3) is 0.368. The van der Waals surface area contributed by atoms with E-state index in [4.69, 9.17) is 0 Å². The molecule has 0 saturated carbocycles. The standard InChI is InChI=1S/C19H21N5OS/c1-13-6-3-4-10-23(13)18(25)15-12-21-24(14(15)2)19-20-9-8-16(22-19)17-7-5-11-26-17/h5,7-9,11-13H,3-4,6,10H2,1-2H3/t13-/m1/s1. The van der Waals surface area contributed by atoms with Gasteiger partial charge < -0.3 is 4.90 Å². The zero-order valence-corrected chi connectivity index (χ0v) is 15.7. The Hall–Kier alpha value is -2.54. The van der Waals surface area contributed by atoms with Crippen molar-refractivity contribution in [3.8, 4) is 16.5 Å². The van der Waals surface area contributed by atoms with Crippen LogP contribution in [0.4, 0.5) is 0 Å². The van der Waals surface area contributed by atoms with Gasteiger partial charge in [0.1, 0.15) is 0 Å². The lowest BCUT2D eigenvalue weighted by Gasteiger charge is -2.33. The molecule has 134 valence electrons. The van der Waals surface area contributed by atoms with Gasteiger partial charge in [-0.05, 0) is 50.6 Å². The van der Waals surface area contributed by atoms with E-state index >= 15 is 0 Å². The lowest BCUT2D eigenvalue weighted by Crippen LogP contribution is -2.42. The summed E-state index contributed by atoms with van der Waals surface area (Å²) in [5, 5.41) is 6.42. The van der Waals surface area contributed by atoms with E-state index in [2.05, 4.69) is 22.0 Å². The second-order valence-electron chi connectivity index (χ2n) is 6.62. The molecule has 0 spiro atoms. The Morgan fingerprint density at radius 1 is 1.31 bits per heavy atom. The Labute approximate surface area is 156 Å². The summed E-state index contributed by atoms with van der Waals surface area (Å²) < 4.78 is 1.65. The predicted molar refractivity (Wildman–Crippen MR) is 102 cm³/mol. The van der Waals surface area contributed by atoms with Gasteiger partial charge in [-0.3, -0.25) is 4.79 Å². The highest BCUT2D eigenvalue weighted by Crippen LogP contribution is 2.24. The van der Waals surface area contributed by atoms with E-state index < -0.39 is 0 Å². The summed E-state index contributed by atoms with van der Waals surface area (Å²) in [7, 11) is 0. The molecule has 26 heavy (non-hydrogen) atoms. The molecule has 0 radical (unpaired) electrons. The van der Waals surface area contributed by atoms with Gasteiger partial charge in [0.15, 0.2) is 0 Å². The summed E-state index contributed by atoms with van der Waals surface area (Å²) in [5.74, 6) is 0.537. The van der Waals surface area contributed by atoms with Crippen LogP contribution < -0.4 is 0 Å². The summed E-state index contributed by atoms with van der Waals surface area (Å²) in [6, 6.07) is 6.18. The molecule has 3 aromatic rings. The molecule has 0 aromatic carbocycles. The first-order valence-electron chi connectivity index (χ1n) is 8.88. The molecule has 1 atom stereocenters. The minimum Gasteiger partial charge on any atom is -0.336 e. The number of rotatable bonds is 3. The van der Waals surface area contributed by atoms with Crippen LogP contribution in [0, 0.1) is 6.92 Å². The van der Waals surface area contributed by atoms with E-state index in [1.54, 1.807) is 28.4 Å². The highest BCUT2D eigenvalue weighted by molar-refractivity contribution is 7.13. The molecule has 6 nitrogen and oxygen atoms in total. The lowest BCUT2D eigenvalue weighted by atomic mass is 10.0. The Morgan fingerprint density at radius 3 is 2.96 bits per heavy atom. The Balaban J connectivity index is 1.65. The van der Waals surface area contributed by atoms with Crippen LogP contribution >= 0.6 is 11.3 Å². The smallest absolute Gasteiger partial charge is 0.257 e. The monoisotopic (exact) mass is 367 g/mol. The summed E-state index contributed by atoms with van der Waals surface area (Å²) in [6.07, 6.45) is 6.68. The number of carbonyl (C=O) groups excluding carboxylic acids is 1. The average molecular weight is 367 g/mol.